The highest BCUT2D eigenvalue weighted by atomic mass is 16.5. The molecule has 90 valence electrons. The van der Waals surface area contributed by atoms with E-state index in [0.29, 0.717) is 5.92 Å². The molecule has 0 saturated carbocycles. The number of rotatable bonds is 2. The summed E-state index contributed by atoms with van der Waals surface area (Å²) in [4.78, 5) is 0. The average molecular weight is 230 g/mol. The van der Waals surface area contributed by atoms with Crippen molar-refractivity contribution in [1.29, 1.82) is 0 Å². The number of nitrogens with one attached hydrogen (secondary N) is 2. The van der Waals surface area contributed by atoms with E-state index in [1.807, 2.05) is 24.4 Å². The summed E-state index contributed by atoms with van der Waals surface area (Å²) in [5, 5.41) is 6.74. The van der Waals surface area contributed by atoms with Crippen LogP contribution in [-0.2, 0) is 4.74 Å². The van der Waals surface area contributed by atoms with Gasteiger partial charge >= 0.3 is 0 Å². The van der Waals surface area contributed by atoms with E-state index >= 15 is 0 Å². The molecule has 0 radical (unpaired) electrons. The van der Waals surface area contributed by atoms with E-state index < -0.39 is 0 Å². The lowest BCUT2D eigenvalue weighted by molar-refractivity contribution is 0.0872. The fourth-order valence-electron chi connectivity index (χ4n) is 2.50. The molecule has 0 spiro atoms. The fourth-order valence-corrected chi connectivity index (χ4v) is 2.50. The summed E-state index contributed by atoms with van der Waals surface area (Å²) in [7, 11) is 0. The summed E-state index contributed by atoms with van der Waals surface area (Å²) in [6.45, 7) is 2.21. The number of ether oxygens (including phenoxy) is 1. The Kier molecular flexibility index (Phi) is 3.01. The molecule has 3 heteroatoms. The smallest absolute Gasteiger partial charge is 0.172 e. The van der Waals surface area contributed by atoms with Gasteiger partial charge in [0.15, 0.2) is 6.23 Å². The summed E-state index contributed by atoms with van der Waals surface area (Å²) < 4.78 is 6.01. The first-order valence-electron chi connectivity index (χ1n) is 6.32. The van der Waals surface area contributed by atoms with Crippen LogP contribution in [0.25, 0.3) is 5.76 Å². The normalized spacial score (nSPS) is 24.9. The Hall–Kier alpha value is -1.48. The van der Waals surface area contributed by atoms with Gasteiger partial charge in [0, 0.05) is 17.7 Å². The maximum Gasteiger partial charge on any atom is 0.172 e. The summed E-state index contributed by atoms with van der Waals surface area (Å²) in [6.07, 6.45) is 4.54. The highest BCUT2D eigenvalue weighted by molar-refractivity contribution is 5.60. The van der Waals surface area contributed by atoms with Crippen LogP contribution in [0, 0.1) is 5.92 Å². The van der Waals surface area contributed by atoms with Crippen LogP contribution in [0.3, 0.4) is 0 Å². The molecule has 0 bridgehead atoms. The molecule has 3 nitrogen and oxygen atoms in total. The Morgan fingerprint density at radius 2 is 1.82 bits per heavy atom. The standard InChI is InChI=1S/C14H18N2O/c1-2-4-11(5-3-1)13-10-16-14(17-13)12-6-8-15-9-7-12/h1-5,10,12,14-16H,6-9H2. The Bertz CT molecular complexity index is 396. The zero-order valence-electron chi connectivity index (χ0n) is 9.86. The van der Waals surface area contributed by atoms with Crippen LogP contribution in [0.4, 0.5) is 0 Å². The number of hydrogen-bond donors (Lipinski definition) is 2. The summed E-state index contributed by atoms with van der Waals surface area (Å²) in [5.74, 6) is 1.59. The first-order valence-corrected chi connectivity index (χ1v) is 6.32. The third-order valence-corrected chi connectivity index (χ3v) is 3.50. The van der Waals surface area contributed by atoms with Gasteiger partial charge in [-0.05, 0) is 25.9 Å². The summed E-state index contributed by atoms with van der Waals surface area (Å²) in [5.41, 5.74) is 1.15. The highest BCUT2D eigenvalue weighted by Crippen LogP contribution is 2.27. The Morgan fingerprint density at radius 1 is 1.06 bits per heavy atom. The molecular weight excluding hydrogens is 212 g/mol. The Morgan fingerprint density at radius 3 is 2.59 bits per heavy atom. The Balaban J connectivity index is 1.64. The molecule has 1 atom stereocenters. The molecule has 0 amide bonds. The van der Waals surface area contributed by atoms with Gasteiger partial charge in [-0.2, -0.15) is 0 Å². The number of benzene rings is 1. The molecule has 1 fully saturated rings. The minimum Gasteiger partial charge on any atom is -0.468 e. The van der Waals surface area contributed by atoms with Gasteiger partial charge in [0.05, 0.1) is 0 Å². The first kappa shape index (κ1) is 10.7. The minimum absolute atomic E-state index is 0.160. The van der Waals surface area contributed by atoms with E-state index in [1.54, 1.807) is 0 Å². The predicted molar refractivity (Wildman–Crippen MR) is 68.0 cm³/mol. The lowest BCUT2D eigenvalue weighted by atomic mass is 9.96. The van der Waals surface area contributed by atoms with Gasteiger partial charge in [0.1, 0.15) is 5.76 Å². The first-order chi connectivity index (χ1) is 8.43. The monoisotopic (exact) mass is 230 g/mol. The number of hydrogen-bond acceptors (Lipinski definition) is 3. The molecule has 3 rings (SSSR count). The van der Waals surface area contributed by atoms with Crippen molar-refractivity contribution in [2.24, 2.45) is 5.92 Å². The van der Waals surface area contributed by atoms with Crippen LogP contribution in [0.2, 0.25) is 0 Å². The van der Waals surface area contributed by atoms with E-state index in [-0.39, 0.29) is 6.23 Å². The average Bonchev–Trinajstić information content (AvgIpc) is 2.90. The van der Waals surface area contributed by atoms with Gasteiger partial charge in [-0.3, -0.25) is 0 Å². The van der Waals surface area contributed by atoms with Crippen molar-refractivity contribution < 1.29 is 4.74 Å². The molecule has 1 unspecified atom stereocenters. The molecule has 2 N–H and O–H groups in total. The SMILES string of the molecule is C1=C(c2ccccc2)OC(C2CCNCC2)N1. The van der Waals surface area contributed by atoms with Crippen molar-refractivity contribution in [3.8, 4) is 0 Å². The van der Waals surface area contributed by atoms with Crippen molar-refractivity contribution in [3.63, 3.8) is 0 Å². The van der Waals surface area contributed by atoms with Gasteiger partial charge in [-0.25, -0.2) is 0 Å². The minimum atomic E-state index is 0.160. The van der Waals surface area contributed by atoms with Crippen LogP contribution >= 0.6 is 0 Å². The molecule has 2 aliphatic heterocycles. The van der Waals surface area contributed by atoms with E-state index in [4.69, 9.17) is 4.74 Å². The molecule has 2 aliphatic rings. The van der Waals surface area contributed by atoms with Gasteiger partial charge in [-0.15, -0.1) is 0 Å². The molecular formula is C14H18N2O. The van der Waals surface area contributed by atoms with Gasteiger partial charge in [-0.1, -0.05) is 30.3 Å². The van der Waals surface area contributed by atoms with Gasteiger partial charge in [0.2, 0.25) is 0 Å². The zero-order chi connectivity index (χ0) is 11.5. The molecule has 0 aliphatic carbocycles. The van der Waals surface area contributed by atoms with Gasteiger partial charge in [0.25, 0.3) is 0 Å². The van der Waals surface area contributed by atoms with Crippen molar-refractivity contribution in [2.75, 3.05) is 13.1 Å². The molecule has 1 aromatic carbocycles. The van der Waals surface area contributed by atoms with Crippen molar-refractivity contribution in [2.45, 2.75) is 19.1 Å². The van der Waals surface area contributed by atoms with Crippen LogP contribution in [0.5, 0.6) is 0 Å². The third-order valence-electron chi connectivity index (χ3n) is 3.50. The lowest BCUT2D eigenvalue weighted by Crippen LogP contribution is -2.38. The maximum atomic E-state index is 6.01. The van der Waals surface area contributed by atoms with Gasteiger partial charge < -0.3 is 15.4 Å². The topological polar surface area (TPSA) is 33.3 Å². The van der Waals surface area contributed by atoms with E-state index in [2.05, 4.69) is 22.8 Å². The van der Waals surface area contributed by atoms with E-state index in [9.17, 15) is 0 Å². The molecule has 2 heterocycles. The zero-order valence-corrected chi connectivity index (χ0v) is 9.86. The highest BCUT2D eigenvalue weighted by Gasteiger charge is 2.28. The largest absolute Gasteiger partial charge is 0.468 e. The predicted octanol–water partition coefficient (Wildman–Crippen LogP) is 1.93. The van der Waals surface area contributed by atoms with Crippen LogP contribution in [-0.4, -0.2) is 19.3 Å². The quantitative estimate of drug-likeness (QED) is 0.814. The summed E-state index contributed by atoms with van der Waals surface area (Å²) >= 11 is 0. The summed E-state index contributed by atoms with van der Waals surface area (Å²) in [6, 6.07) is 10.3. The van der Waals surface area contributed by atoms with Crippen LogP contribution < -0.4 is 10.6 Å². The number of piperidine rings is 1. The van der Waals surface area contributed by atoms with Crippen molar-refractivity contribution in [3.05, 3.63) is 42.1 Å². The molecule has 1 aromatic rings. The third kappa shape index (κ3) is 2.29. The van der Waals surface area contributed by atoms with Crippen molar-refractivity contribution in [1.82, 2.24) is 10.6 Å². The van der Waals surface area contributed by atoms with E-state index in [0.717, 1.165) is 24.4 Å². The maximum absolute atomic E-state index is 6.01. The fraction of sp³-hybridized carbons (Fsp3) is 0.429. The van der Waals surface area contributed by atoms with Crippen LogP contribution in [0.1, 0.15) is 18.4 Å². The molecule has 17 heavy (non-hydrogen) atoms. The molecule has 1 saturated heterocycles. The second-order valence-electron chi connectivity index (χ2n) is 4.67. The lowest BCUT2D eigenvalue weighted by Gasteiger charge is -2.28. The second-order valence-corrected chi connectivity index (χ2v) is 4.67. The van der Waals surface area contributed by atoms with E-state index in [1.165, 1.54) is 12.8 Å². The second kappa shape index (κ2) is 4.80. The molecule has 0 aromatic heterocycles. The van der Waals surface area contributed by atoms with Crippen LogP contribution in [0.15, 0.2) is 36.5 Å². The Labute approximate surface area is 102 Å². The van der Waals surface area contributed by atoms with Crippen molar-refractivity contribution >= 4 is 5.76 Å².